The molecule has 11 heavy (non-hydrogen) atoms. The first-order valence-electron chi connectivity index (χ1n) is 3.41. The summed E-state index contributed by atoms with van der Waals surface area (Å²) in [7, 11) is 0. The van der Waals surface area contributed by atoms with Crippen LogP contribution < -0.4 is 17.0 Å². The maximum Gasteiger partial charge on any atom is 0.249 e. The number of H-pyrrole nitrogens is 1. The number of hydrogen-bond acceptors (Lipinski definition) is 3. The molecular weight excluding hydrogens is 142 g/mol. The smallest absolute Gasteiger partial charge is 0.249 e. The minimum atomic E-state index is -0.173. The van der Waals surface area contributed by atoms with Crippen LogP contribution in [0.5, 0.6) is 0 Å². The van der Waals surface area contributed by atoms with Crippen molar-refractivity contribution in [3.05, 3.63) is 28.0 Å². The summed E-state index contributed by atoms with van der Waals surface area (Å²) in [5.74, 6) is 0.390. The van der Waals surface area contributed by atoms with Crippen LogP contribution in [0, 0.1) is 0 Å². The van der Waals surface area contributed by atoms with Crippen LogP contribution in [0.4, 0.5) is 5.82 Å². The zero-order valence-corrected chi connectivity index (χ0v) is 6.13. The standard InChI is InChI=1S/C7H11N3O/c8-2-1-5-3-6(9)10-7(11)4-5/h3-4H,1-2,8H2,(H3,9,10,11). The van der Waals surface area contributed by atoms with Crippen molar-refractivity contribution < 1.29 is 0 Å². The Hall–Kier alpha value is -1.29. The largest absolute Gasteiger partial charge is 0.385 e. The molecule has 4 nitrogen and oxygen atoms in total. The highest BCUT2D eigenvalue weighted by molar-refractivity contribution is 5.31. The predicted octanol–water partition coefficient (Wildman–Crippen LogP) is -0.542. The molecule has 1 heterocycles. The summed E-state index contributed by atoms with van der Waals surface area (Å²) < 4.78 is 0. The molecule has 0 aliphatic carbocycles. The van der Waals surface area contributed by atoms with Crippen LogP contribution in [-0.4, -0.2) is 11.5 Å². The summed E-state index contributed by atoms with van der Waals surface area (Å²) in [5.41, 5.74) is 11.4. The van der Waals surface area contributed by atoms with Gasteiger partial charge in [-0.05, 0) is 24.6 Å². The summed E-state index contributed by atoms with van der Waals surface area (Å²) in [6.45, 7) is 0.531. The summed E-state index contributed by atoms with van der Waals surface area (Å²) in [5, 5.41) is 0. The van der Waals surface area contributed by atoms with Crippen molar-refractivity contribution in [1.29, 1.82) is 0 Å². The second kappa shape index (κ2) is 3.21. The van der Waals surface area contributed by atoms with E-state index in [2.05, 4.69) is 4.98 Å². The van der Waals surface area contributed by atoms with E-state index in [9.17, 15) is 4.79 Å². The molecule has 4 heteroatoms. The number of aromatic nitrogens is 1. The fraction of sp³-hybridized carbons (Fsp3) is 0.286. The molecule has 0 amide bonds. The van der Waals surface area contributed by atoms with E-state index in [4.69, 9.17) is 11.5 Å². The van der Waals surface area contributed by atoms with Gasteiger partial charge in [-0.2, -0.15) is 0 Å². The number of anilines is 1. The van der Waals surface area contributed by atoms with Gasteiger partial charge in [0.05, 0.1) is 0 Å². The lowest BCUT2D eigenvalue weighted by Gasteiger charge is -1.98. The van der Waals surface area contributed by atoms with Crippen molar-refractivity contribution in [2.45, 2.75) is 6.42 Å². The van der Waals surface area contributed by atoms with Crippen molar-refractivity contribution in [2.24, 2.45) is 5.73 Å². The molecule has 0 aromatic carbocycles. The highest BCUT2D eigenvalue weighted by Crippen LogP contribution is 1.98. The van der Waals surface area contributed by atoms with E-state index in [-0.39, 0.29) is 5.56 Å². The summed E-state index contributed by atoms with van der Waals surface area (Å²) >= 11 is 0. The molecule has 0 aliphatic rings. The van der Waals surface area contributed by atoms with Crippen LogP contribution in [0.3, 0.4) is 0 Å². The summed E-state index contributed by atoms with van der Waals surface area (Å²) in [6.07, 6.45) is 0.689. The molecule has 0 fully saturated rings. The molecule has 0 bridgehead atoms. The Morgan fingerprint density at radius 1 is 1.45 bits per heavy atom. The number of hydrogen-bond donors (Lipinski definition) is 3. The molecule has 0 atom stereocenters. The minimum absolute atomic E-state index is 0.173. The molecule has 5 N–H and O–H groups in total. The quantitative estimate of drug-likeness (QED) is 0.533. The van der Waals surface area contributed by atoms with Crippen LogP contribution in [-0.2, 0) is 6.42 Å². The van der Waals surface area contributed by atoms with Gasteiger partial charge in [0, 0.05) is 6.07 Å². The third-order valence-corrected chi connectivity index (χ3v) is 1.36. The van der Waals surface area contributed by atoms with Gasteiger partial charge in [-0.25, -0.2) is 0 Å². The highest BCUT2D eigenvalue weighted by atomic mass is 16.1. The zero-order chi connectivity index (χ0) is 8.27. The third-order valence-electron chi connectivity index (χ3n) is 1.36. The van der Waals surface area contributed by atoms with Gasteiger partial charge in [-0.15, -0.1) is 0 Å². The van der Waals surface area contributed by atoms with Crippen LogP contribution in [0.25, 0.3) is 0 Å². The van der Waals surface area contributed by atoms with E-state index in [1.54, 1.807) is 6.07 Å². The van der Waals surface area contributed by atoms with Gasteiger partial charge in [0.1, 0.15) is 5.82 Å². The van der Waals surface area contributed by atoms with E-state index in [1.165, 1.54) is 6.07 Å². The second-order valence-corrected chi connectivity index (χ2v) is 2.35. The molecule has 0 aliphatic heterocycles. The van der Waals surface area contributed by atoms with Crippen molar-refractivity contribution in [1.82, 2.24) is 4.98 Å². The number of nitrogens with two attached hydrogens (primary N) is 2. The molecule has 1 aromatic heterocycles. The molecule has 1 rings (SSSR count). The lowest BCUT2D eigenvalue weighted by Crippen LogP contribution is -2.11. The van der Waals surface area contributed by atoms with Crippen LogP contribution in [0.2, 0.25) is 0 Å². The van der Waals surface area contributed by atoms with Gasteiger partial charge in [0.15, 0.2) is 0 Å². The third kappa shape index (κ3) is 2.09. The number of aromatic amines is 1. The van der Waals surface area contributed by atoms with Crippen LogP contribution in [0.15, 0.2) is 16.9 Å². The monoisotopic (exact) mass is 153 g/mol. The molecule has 0 unspecified atom stereocenters. The molecular formula is C7H11N3O. The van der Waals surface area contributed by atoms with E-state index in [0.29, 0.717) is 18.8 Å². The number of nitrogen functional groups attached to an aromatic ring is 1. The van der Waals surface area contributed by atoms with Crippen molar-refractivity contribution >= 4 is 5.82 Å². The lowest BCUT2D eigenvalue weighted by atomic mass is 10.2. The Kier molecular flexibility index (Phi) is 2.28. The first-order chi connectivity index (χ1) is 5.22. The number of nitrogens with one attached hydrogen (secondary N) is 1. The fourth-order valence-corrected chi connectivity index (χ4v) is 0.935. The Morgan fingerprint density at radius 2 is 2.18 bits per heavy atom. The first-order valence-corrected chi connectivity index (χ1v) is 3.41. The SMILES string of the molecule is NCCc1cc(N)[nH]c(=O)c1. The Balaban J connectivity index is 2.99. The van der Waals surface area contributed by atoms with Gasteiger partial charge in [0.25, 0.3) is 0 Å². The Bertz CT molecular complexity index is 292. The molecule has 1 aromatic rings. The number of rotatable bonds is 2. The van der Waals surface area contributed by atoms with E-state index in [0.717, 1.165) is 5.56 Å². The Morgan fingerprint density at radius 3 is 2.73 bits per heavy atom. The topological polar surface area (TPSA) is 84.9 Å². The Labute approximate surface area is 64.2 Å². The van der Waals surface area contributed by atoms with Crippen molar-refractivity contribution in [3.63, 3.8) is 0 Å². The van der Waals surface area contributed by atoms with Gasteiger partial charge in [-0.1, -0.05) is 0 Å². The summed E-state index contributed by atoms with van der Waals surface area (Å²) in [6, 6.07) is 3.22. The van der Waals surface area contributed by atoms with Gasteiger partial charge < -0.3 is 16.5 Å². The lowest BCUT2D eigenvalue weighted by molar-refractivity contribution is 0.961. The van der Waals surface area contributed by atoms with Gasteiger partial charge >= 0.3 is 0 Å². The average molecular weight is 153 g/mol. The van der Waals surface area contributed by atoms with Gasteiger partial charge in [-0.3, -0.25) is 4.79 Å². The van der Waals surface area contributed by atoms with E-state index >= 15 is 0 Å². The molecule has 0 spiro atoms. The predicted molar refractivity (Wildman–Crippen MR) is 44.2 cm³/mol. The normalized spacial score (nSPS) is 9.91. The van der Waals surface area contributed by atoms with Crippen molar-refractivity contribution in [2.75, 3.05) is 12.3 Å². The summed E-state index contributed by atoms with van der Waals surface area (Å²) in [4.78, 5) is 13.3. The minimum Gasteiger partial charge on any atom is -0.385 e. The van der Waals surface area contributed by atoms with Crippen LogP contribution >= 0.6 is 0 Å². The molecule has 0 saturated carbocycles. The van der Waals surface area contributed by atoms with E-state index < -0.39 is 0 Å². The van der Waals surface area contributed by atoms with E-state index in [1.807, 2.05) is 0 Å². The molecule has 0 saturated heterocycles. The first kappa shape index (κ1) is 7.81. The maximum atomic E-state index is 10.8. The zero-order valence-electron chi connectivity index (χ0n) is 6.13. The average Bonchev–Trinajstić information content (AvgIpc) is 1.85. The maximum absolute atomic E-state index is 10.8. The van der Waals surface area contributed by atoms with Crippen LogP contribution in [0.1, 0.15) is 5.56 Å². The fourth-order valence-electron chi connectivity index (χ4n) is 0.935. The molecule has 0 radical (unpaired) electrons. The van der Waals surface area contributed by atoms with Crippen molar-refractivity contribution in [3.8, 4) is 0 Å². The highest BCUT2D eigenvalue weighted by Gasteiger charge is 1.94. The van der Waals surface area contributed by atoms with Gasteiger partial charge in [0.2, 0.25) is 5.56 Å². The number of pyridine rings is 1. The molecule has 60 valence electrons. The second-order valence-electron chi connectivity index (χ2n) is 2.35.